The molecule has 1 rings (SSSR count). The first-order valence-electron chi connectivity index (χ1n) is 7.45. The lowest BCUT2D eigenvalue weighted by Crippen LogP contribution is -1.98. The van der Waals surface area contributed by atoms with Crippen LogP contribution in [0.3, 0.4) is 0 Å². The molecule has 108 valence electrons. The minimum Gasteiger partial charge on any atom is -0.463 e. The SMILES string of the molecule is CCOC(=O)C=CC=CCC(C)CCC1CC1(C)C. The molecule has 2 heteroatoms. The van der Waals surface area contributed by atoms with Gasteiger partial charge in [0.2, 0.25) is 0 Å². The van der Waals surface area contributed by atoms with Crippen LogP contribution in [-0.2, 0) is 9.53 Å². The summed E-state index contributed by atoms with van der Waals surface area (Å²) in [4.78, 5) is 11.0. The number of carbonyl (C=O) groups is 1. The molecule has 0 bridgehead atoms. The van der Waals surface area contributed by atoms with Gasteiger partial charge in [0, 0.05) is 6.08 Å². The van der Waals surface area contributed by atoms with Gasteiger partial charge in [-0.05, 0) is 43.4 Å². The highest BCUT2D eigenvalue weighted by molar-refractivity contribution is 5.82. The number of hydrogen-bond acceptors (Lipinski definition) is 2. The summed E-state index contributed by atoms with van der Waals surface area (Å²) in [7, 11) is 0. The van der Waals surface area contributed by atoms with E-state index < -0.39 is 0 Å². The third kappa shape index (κ3) is 6.60. The summed E-state index contributed by atoms with van der Waals surface area (Å²) in [5.74, 6) is 1.41. The molecule has 2 nitrogen and oxygen atoms in total. The van der Waals surface area contributed by atoms with E-state index in [1.54, 1.807) is 6.08 Å². The number of esters is 1. The van der Waals surface area contributed by atoms with Crippen LogP contribution in [-0.4, -0.2) is 12.6 Å². The molecule has 0 N–H and O–H groups in total. The molecule has 1 saturated carbocycles. The van der Waals surface area contributed by atoms with Crippen molar-refractivity contribution >= 4 is 5.97 Å². The van der Waals surface area contributed by atoms with Crippen LogP contribution in [0.1, 0.15) is 53.4 Å². The van der Waals surface area contributed by atoms with E-state index >= 15 is 0 Å². The summed E-state index contributed by atoms with van der Waals surface area (Å²) in [5.41, 5.74) is 0.609. The van der Waals surface area contributed by atoms with E-state index in [4.69, 9.17) is 4.74 Å². The third-order valence-electron chi connectivity index (χ3n) is 4.03. The summed E-state index contributed by atoms with van der Waals surface area (Å²) < 4.78 is 4.80. The Labute approximate surface area is 117 Å². The topological polar surface area (TPSA) is 26.3 Å². The summed E-state index contributed by atoms with van der Waals surface area (Å²) in [5, 5.41) is 0. The average molecular weight is 264 g/mol. The minimum absolute atomic E-state index is 0.267. The maximum absolute atomic E-state index is 11.0. The Morgan fingerprint density at radius 2 is 2.11 bits per heavy atom. The second-order valence-corrected chi connectivity index (χ2v) is 6.35. The highest BCUT2D eigenvalue weighted by Crippen LogP contribution is 2.54. The molecule has 0 aromatic carbocycles. The highest BCUT2D eigenvalue weighted by atomic mass is 16.5. The molecule has 0 heterocycles. The number of rotatable bonds is 8. The molecular formula is C17H28O2. The fourth-order valence-electron chi connectivity index (χ4n) is 2.39. The molecule has 0 saturated heterocycles. The molecule has 19 heavy (non-hydrogen) atoms. The van der Waals surface area contributed by atoms with E-state index in [-0.39, 0.29) is 5.97 Å². The van der Waals surface area contributed by atoms with Crippen LogP contribution in [0.4, 0.5) is 0 Å². The van der Waals surface area contributed by atoms with E-state index in [2.05, 4.69) is 26.8 Å². The fourth-order valence-corrected chi connectivity index (χ4v) is 2.39. The van der Waals surface area contributed by atoms with Crippen LogP contribution < -0.4 is 0 Å². The zero-order chi connectivity index (χ0) is 14.3. The van der Waals surface area contributed by atoms with Gasteiger partial charge in [-0.2, -0.15) is 0 Å². The van der Waals surface area contributed by atoms with Gasteiger partial charge in [0.1, 0.15) is 0 Å². The number of carbonyl (C=O) groups excluding carboxylic acids is 1. The molecule has 0 aliphatic heterocycles. The van der Waals surface area contributed by atoms with Gasteiger partial charge in [-0.15, -0.1) is 0 Å². The van der Waals surface area contributed by atoms with Crippen LogP contribution in [0.25, 0.3) is 0 Å². The first-order valence-corrected chi connectivity index (χ1v) is 7.45. The number of hydrogen-bond donors (Lipinski definition) is 0. The number of allylic oxidation sites excluding steroid dienone is 3. The fraction of sp³-hybridized carbons (Fsp3) is 0.706. The van der Waals surface area contributed by atoms with Gasteiger partial charge in [-0.1, -0.05) is 45.4 Å². The largest absolute Gasteiger partial charge is 0.463 e. The van der Waals surface area contributed by atoms with Crippen molar-refractivity contribution in [3.8, 4) is 0 Å². The molecule has 1 aliphatic rings. The molecule has 0 amide bonds. The van der Waals surface area contributed by atoms with E-state index in [1.807, 2.05) is 13.0 Å². The molecule has 0 spiro atoms. The van der Waals surface area contributed by atoms with Crippen molar-refractivity contribution in [3.05, 3.63) is 24.3 Å². The van der Waals surface area contributed by atoms with Crippen LogP contribution in [0, 0.1) is 17.3 Å². The monoisotopic (exact) mass is 264 g/mol. The zero-order valence-electron chi connectivity index (χ0n) is 12.8. The smallest absolute Gasteiger partial charge is 0.330 e. The van der Waals surface area contributed by atoms with Gasteiger partial charge in [0.25, 0.3) is 0 Å². The summed E-state index contributed by atoms with van der Waals surface area (Å²) in [6, 6.07) is 0. The number of ether oxygens (including phenoxy) is 1. The first-order chi connectivity index (χ1) is 8.95. The Bertz CT molecular complexity index is 339. The summed E-state index contributed by atoms with van der Waals surface area (Å²) >= 11 is 0. The van der Waals surface area contributed by atoms with E-state index in [1.165, 1.54) is 25.3 Å². The maximum Gasteiger partial charge on any atom is 0.330 e. The molecule has 1 fully saturated rings. The molecule has 2 atom stereocenters. The molecular weight excluding hydrogens is 236 g/mol. The van der Waals surface area contributed by atoms with Gasteiger partial charge in [0.15, 0.2) is 0 Å². The van der Waals surface area contributed by atoms with E-state index in [9.17, 15) is 4.79 Å². The Morgan fingerprint density at radius 1 is 1.42 bits per heavy atom. The van der Waals surface area contributed by atoms with Crippen molar-refractivity contribution in [2.75, 3.05) is 6.61 Å². The Morgan fingerprint density at radius 3 is 2.68 bits per heavy atom. The predicted octanol–water partition coefficient (Wildman–Crippen LogP) is 4.51. The van der Waals surface area contributed by atoms with Gasteiger partial charge in [0.05, 0.1) is 6.61 Å². The minimum atomic E-state index is -0.267. The van der Waals surface area contributed by atoms with E-state index in [0.29, 0.717) is 12.0 Å². The van der Waals surface area contributed by atoms with Crippen molar-refractivity contribution in [2.45, 2.75) is 53.4 Å². The standard InChI is InChI=1S/C17H28O2/c1-5-19-16(18)10-8-6-7-9-14(2)11-12-15-13-17(15,3)4/h6-8,10,14-15H,5,9,11-13H2,1-4H3. The Hall–Kier alpha value is -1.05. The quantitative estimate of drug-likeness (QED) is 0.366. The first kappa shape index (κ1) is 16.0. The van der Waals surface area contributed by atoms with Crippen LogP contribution in [0.15, 0.2) is 24.3 Å². The second-order valence-electron chi connectivity index (χ2n) is 6.35. The van der Waals surface area contributed by atoms with Crippen molar-refractivity contribution in [1.29, 1.82) is 0 Å². The lowest BCUT2D eigenvalue weighted by Gasteiger charge is -2.09. The zero-order valence-corrected chi connectivity index (χ0v) is 12.8. The van der Waals surface area contributed by atoms with Gasteiger partial charge in [-0.3, -0.25) is 0 Å². The highest BCUT2D eigenvalue weighted by Gasteiger charge is 2.44. The third-order valence-corrected chi connectivity index (χ3v) is 4.03. The van der Waals surface area contributed by atoms with Crippen molar-refractivity contribution < 1.29 is 9.53 Å². The average Bonchev–Trinajstić information content (AvgIpc) is 2.94. The summed E-state index contributed by atoms with van der Waals surface area (Å²) in [6.07, 6.45) is 12.5. The van der Waals surface area contributed by atoms with Gasteiger partial charge in [-0.25, -0.2) is 4.79 Å². The Balaban J connectivity index is 2.09. The lowest BCUT2D eigenvalue weighted by molar-refractivity contribution is -0.137. The van der Waals surface area contributed by atoms with Crippen molar-refractivity contribution in [3.63, 3.8) is 0 Å². The van der Waals surface area contributed by atoms with Crippen LogP contribution in [0.2, 0.25) is 0 Å². The van der Waals surface area contributed by atoms with E-state index in [0.717, 1.165) is 18.3 Å². The summed E-state index contributed by atoms with van der Waals surface area (Å²) in [6.45, 7) is 9.27. The van der Waals surface area contributed by atoms with Crippen molar-refractivity contribution in [1.82, 2.24) is 0 Å². The molecule has 2 unspecified atom stereocenters. The molecule has 0 aromatic rings. The van der Waals surface area contributed by atoms with Crippen molar-refractivity contribution in [2.24, 2.45) is 17.3 Å². The second kappa shape index (κ2) is 7.52. The van der Waals surface area contributed by atoms with Crippen LogP contribution >= 0.6 is 0 Å². The lowest BCUT2D eigenvalue weighted by atomic mass is 9.97. The van der Waals surface area contributed by atoms with Crippen LogP contribution in [0.5, 0.6) is 0 Å². The maximum atomic E-state index is 11.0. The molecule has 0 aromatic heterocycles. The van der Waals surface area contributed by atoms with Gasteiger partial charge >= 0.3 is 5.97 Å². The predicted molar refractivity (Wildman–Crippen MR) is 79.8 cm³/mol. The normalized spacial score (nSPS) is 22.8. The van der Waals surface area contributed by atoms with Gasteiger partial charge < -0.3 is 4.74 Å². The molecule has 1 aliphatic carbocycles. The molecule has 0 radical (unpaired) electrons. The Kier molecular flexibility index (Phi) is 6.33.